The number of piperidine rings is 2. The molecule has 2 aliphatic rings. The second-order valence-corrected chi connectivity index (χ2v) is 11.1. The number of aromatic nitrogens is 2. The SMILES string of the molecule is Cn1nc(C2CCC(=O)NC2=O)c2cccc(OC3CCN(C(=O)c4ccc(C(C)(C)C)cc4)CC3)c21. The van der Waals surface area contributed by atoms with E-state index in [2.05, 4.69) is 31.2 Å². The Labute approximate surface area is 217 Å². The fourth-order valence-electron chi connectivity index (χ4n) is 5.29. The monoisotopic (exact) mass is 502 g/mol. The molecule has 5 rings (SSSR count). The molecule has 0 aliphatic carbocycles. The van der Waals surface area contributed by atoms with Gasteiger partial charge in [-0.05, 0) is 35.6 Å². The minimum Gasteiger partial charge on any atom is -0.488 e. The number of amides is 3. The molecule has 1 aromatic heterocycles. The van der Waals surface area contributed by atoms with Gasteiger partial charge in [-0.1, -0.05) is 45.0 Å². The van der Waals surface area contributed by atoms with E-state index in [0.717, 1.165) is 23.7 Å². The van der Waals surface area contributed by atoms with E-state index in [4.69, 9.17) is 4.74 Å². The van der Waals surface area contributed by atoms with E-state index in [-0.39, 0.29) is 29.2 Å². The van der Waals surface area contributed by atoms with Gasteiger partial charge in [0.15, 0.2) is 0 Å². The number of carbonyl (C=O) groups excluding carboxylic acids is 3. The maximum absolute atomic E-state index is 13.1. The summed E-state index contributed by atoms with van der Waals surface area (Å²) in [5.41, 5.74) is 3.48. The summed E-state index contributed by atoms with van der Waals surface area (Å²) in [7, 11) is 1.84. The average Bonchev–Trinajstić information content (AvgIpc) is 3.20. The van der Waals surface area contributed by atoms with Crippen molar-refractivity contribution in [1.29, 1.82) is 0 Å². The normalized spacial score (nSPS) is 19.2. The molecule has 0 spiro atoms. The molecule has 2 fully saturated rings. The van der Waals surface area contributed by atoms with Crippen molar-refractivity contribution in [3.05, 3.63) is 59.3 Å². The number of carbonyl (C=O) groups is 3. The molecule has 1 atom stereocenters. The third-order valence-corrected chi connectivity index (χ3v) is 7.45. The van der Waals surface area contributed by atoms with E-state index < -0.39 is 5.92 Å². The van der Waals surface area contributed by atoms with Crippen LogP contribution in [0.4, 0.5) is 0 Å². The Balaban J connectivity index is 1.26. The number of hydrogen-bond donors (Lipinski definition) is 1. The first-order valence-corrected chi connectivity index (χ1v) is 13.0. The molecule has 3 amide bonds. The summed E-state index contributed by atoms with van der Waals surface area (Å²) in [6, 6.07) is 13.7. The molecule has 1 N–H and O–H groups in total. The van der Waals surface area contributed by atoms with E-state index >= 15 is 0 Å². The summed E-state index contributed by atoms with van der Waals surface area (Å²) in [6.07, 6.45) is 2.21. The van der Waals surface area contributed by atoms with Crippen LogP contribution in [0, 0.1) is 0 Å². The first kappa shape index (κ1) is 25.0. The molecule has 2 saturated heterocycles. The van der Waals surface area contributed by atoms with Gasteiger partial charge in [-0.15, -0.1) is 0 Å². The van der Waals surface area contributed by atoms with E-state index in [1.165, 1.54) is 5.56 Å². The molecule has 0 saturated carbocycles. The van der Waals surface area contributed by atoms with Gasteiger partial charge in [0.2, 0.25) is 11.8 Å². The van der Waals surface area contributed by atoms with Crippen LogP contribution in [0.3, 0.4) is 0 Å². The molecular formula is C29H34N4O4. The van der Waals surface area contributed by atoms with Gasteiger partial charge in [-0.25, -0.2) is 0 Å². The number of nitrogens with zero attached hydrogens (tertiary/aromatic N) is 3. The van der Waals surface area contributed by atoms with Crippen molar-refractivity contribution in [2.45, 2.75) is 63.9 Å². The van der Waals surface area contributed by atoms with Crippen LogP contribution >= 0.6 is 0 Å². The summed E-state index contributed by atoms with van der Waals surface area (Å²) in [5, 5.41) is 7.93. The number of nitrogens with one attached hydrogen (secondary N) is 1. The second kappa shape index (κ2) is 9.65. The lowest BCUT2D eigenvalue weighted by atomic mass is 9.86. The van der Waals surface area contributed by atoms with Crippen molar-refractivity contribution < 1.29 is 19.1 Å². The largest absolute Gasteiger partial charge is 0.488 e. The number of hydrogen-bond acceptors (Lipinski definition) is 5. The molecule has 194 valence electrons. The zero-order valence-electron chi connectivity index (χ0n) is 21.9. The van der Waals surface area contributed by atoms with Crippen molar-refractivity contribution in [2.75, 3.05) is 13.1 Å². The van der Waals surface area contributed by atoms with E-state index in [9.17, 15) is 14.4 Å². The average molecular weight is 503 g/mol. The third kappa shape index (κ3) is 4.97. The lowest BCUT2D eigenvalue weighted by molar-refractivity contribution is -0.134. The summed E-state index contributed by atoms with van der Waals surface area (Å²) in [4.78, 5) is 39.0. The minimum absolute atomic E-state index is 0.0214. The van der Waals surface area contributed by atoms with Crippen LogP contribution in [0.15, 0.2) is 42.5 Å². The summed E-state index contributed by atoms with van der Waals surface area (Å²) >= 11 is 0. The highest BCUT2D eigenvalue weighted by atomic mass is 16.5. The highest BCUT2D eigenvalue weighted by Crippen LogP contribution is 2.35. The molecule has 0 radical (unpaired) electrons. The Morgan fingerprint density at radius 3 is 2.38 bits per heavy atom. The minimum atomic E-state index is -0.455. The lowest BCUT2D eigenvalue weighted by Gasteiger charge is -2.32. The third-order valence-electron chi connectivity index (χ3n) is 7.45. The number of imide groups is 1. The zero-order valence-corrected chi connectivity index (χ0v) is 21.9. The molecular weight excluding hydrogens is 468 g/mol. The quantitative estimate of drug-likeness (QED) is 0.543. The summed E-state index contributed by atoms with van der Waals surface area (Å²) < 4.78 is 8.18. The zero-order chi connectivity index (χ0) is 26.3. The Bertz CT molecular complexity index is 1340. The number of fused-ring (bicyclic) bond motifs is 1. The Morgan fingerprint density at radius 2 is 1.73 bits per heavy atom. The fourth-order valence-corrected chi connectivity index (χ4v) is 5.29. The highest BCUT2D eigenvalue weighted by molar-refractivity contribution is 6.03. The van der Waals surface area contributed by atoms with Gasteiger partial charge in [-0.2, -0.15) is 5.10 Å². The maximum Gasteiger partial charge on any atom is 0.253 e. The van der Waals surface area contributed by atoms with Crippen LogP contribution in [0.25, 0.3) is 10.9 Å². The van der Waals surface area contributed by atoms with Gasteiger partial charge < -0.3 is 9.64 Å². The first-order valence-electron chi connectivity index (χ1n) is 13.0. The van der Waals surface area contributed by atoms with Gasteiger partial charge in [0.25, 0.3) is 5.91 Å². The van der Waals surface area contributed by atoms with Crippen molar-refractivity contribution in [3.63, 3.8) is 0 Å². The van der Waals surface area contributed by atoms with Gasteiger partial charge in [0, 0.05) is 50.3 Å². The van der Waals surface area contributed by atoms with Gasteiger partial charge in [0.1, 0.15) is 17.4 Å². The molecule has 37 heavy (non-hydrogen) atoms. The number of rotatable bonds is 4. The molecule has 2 aliphatic heterocycles. The van der Waals surface area contributed by atoms with Crippen LogP contribution in [0.1, 0.15) is 74.0 Å². The Kier molecular flexibility index (Phi) is 6.52. The molecule has 1 unspecified atom stereocenters. The van der Waals surface area contributed by atoms with Gasteiger partial charge in [0.05, 0.1) is 11.6 Å². The topological polar surface area (TPSA) is 93.5 Å². The maximum atomic E-state index is 13.1. The number of benzene rings is 2. The van der Waals surface area contributed by atoms with Gasteiger partial charge >= 0.3 is 0 Å². The molecule has 8 nitrogen and oxygen atoms in total. The fraction of sp³-hybridized carbons (Fsp3) is 0.448. The highest BCUT2D eigenvalue weighted by Gasteiger charge is 2.32. The smallest absolute Gasteiger partial charge is 0.253 e. The predicted octanol–water partition coefficient (Wildman–Crippen LogP) is 4.07. The number of aryl methyl sites for hydroxylation is 1. The van der Waals surface area contributed by atoms with Crippen LogP contribution < -0.4 is 10.1 Å². The van der Waals surface area contributed by atoms with Crippen LogP contribution in [0.2, 0.25) is 0 Å². The predicted molar refractivity (Wildman–Crippen MR) is 141 cm³/mol. The number of para-hydroxylation sites is 1. The standard InChI is InChI=1S/C29H34N4O4/c1-29(2,3)19-10-8-18(9-11-19)28(36)33-16-14-20(15-17-33)37-23-7-5-6-21-25(31-32(4)26(21)23)22-12-13-24(34)30-27(22)35/h5-11,20,22H,12-17H2,1-4H3,(H,30,34,35). The summed E-state index contributed by atoms with van der Waals surface area (Å²) in [5.74, 6) is -0.219. The second-order valence-electron chi connectivity index (χ2n) is 11.1. The molecule has 0 bridgehead atoms. The van der Waals surface area contributed by atoms with Crippen molar-refractivity contribution in [2.24, 2.45) is 7.05 Å². The van der Waals surface area contributed by atoms with Gasteiger partial charge in [-0.3, -0.25) is 24.4 Å². The van der Waals surface area contributed by atoms with E-state index in [0.29, 0.717) is 42.9 Å². The van der Waals surface area contributed by atoms with Crippen LogP contribution in [0.5, 0.6) is 5.75 Å². The van der Waals surface area contributed by atoms with Crippen molar-refractivity contribution in [3.8, 4) is 5.75 Å². The Hall–Kier alpha value is -3.68. The summed E-state index contributed by atoms with van der Waals surface area (Å²) in [6.45, 7) is 7.75. The molecule has 8 heteroatoms. The van der Waals surface area contributed by atoms with Crippen molar-refractivity contribution >= 4 is 28.6 Å². The van der Waals surface area contributed by atoms with Crippen LogP contribution in [-0.4, -0.2) is 51.6 Å². The molecule has 2 aromatic carbocycles. The van der Waals surface area contributed by atoms with Crippen molar-refractivity contribution in [1.82, 2.24) is 20.0 Å². The van der Waals surface area contributed by atoms with E-state index in [1.54, 1.807) is 4.68 Å². The lowest BCUT2D eigenvalue weighted by Crippen LogP contribution is -2.41. The molecule has 3 aromatic rings. The number of likely N-dealkylation sites (tertiary alicyclic amines) is 1. The Morgan fingerprint density at radius 1 is 1.03 bits per heavy atom. The number of ether oxygens (including phenoxy) is 1. The van der Waals surface area contributed by atoms with E-state index in [1.807, 2.05) is 54.4 Å². The molecule has 3 heterocycles. The van der Waals surface area contributed by atoms with Crippen LogP contribution in [-0.2, 0) is 22.1 Å². The first-order chi connectivity index (χ1) is 17.6.